The van der Waals surface area contributed by atoms with Crippen LogP contribution in [-0.4, -0.2) is 47.2 Å². The van der Waals surface area contributed by atoms with Crippen LogP contribution in [-0.2, 0) is 24.8 Å². The number of carbonyl (C=O) groups is 1. The lowest BCUT2D eigenvalue weighted by Crippen LogP contribution is -2.43. The summed E-state index contributed by atoms with van der Waals surface area (Å²) in [7, 11) is -6.05. The quantitative estimate of drug-likeness (QED) is 0.678. The first-order chi connectivity index (χ1) is 14.1. The normalized spacial score (nSPS) is 18.0. The standard InChI is InChI=1S/C19H23N3O6S2/c1-28-16-6-10-18(11-7-16)30(26,27)22-12-2-3-14(13-22)19(23)21-15-4-8-17(9-5-15)29(20,24)25/h4-11,14H,2-3,12-13H2,1H3,(H,21,23)(H2,20,24,25)/t14-/m1/s1. The average molecular weight is 454 g/mol. The van der Waals surface area contributed by atoms with Gasteiger partial charge >= 0.3 is 0 Å². The predicted octanol–water partition coefficient (Wildman–Crippen LogP) is 1.38. The van der Waals surface area contributed by atoms with Crippen LogP contribution in [0.3, 0.4) is 0 Å². The van der Waals surface area contributed by atoms with Gasteiger partial charge in [0.25, 0.3) is 0 Å². The minimum Gasteiger partial charge on any atom is -0.497 e. The number of ether oxygens (including phenoxy) is 1. The largest absolute Gasteiger partial charge is 0.497 e. The lowest BCUT2D eigenvalue weighted by molar-refractivity contribution is -0.120. The van der Waals surface area contributed by atoms with E-state index in [0.29, 0.717) is 30.8 Å². The Morgan fingerprint density at radius 2 is 1.63 bits per heavy atom. The van der Waals surface area contributed by atoms with Crippen LogP contribution < -0.4 is 15.2 Å². The van der Waals surface area contributed by atoms with E-state index in [1.807, 2.05) is 0 Å². The minimum atomic E-state index is -3.82. The Balaban J connectivity index is 1.69. The van der Waals surface area contributed by atoms with Gasteiger partial charge in [-0.3, -0.25) is 4.79 Å². The van der Waals surface area contributed by atoms with E-state index in [1.54, 1.807) is 12.1 Å². The van der Waals surface area contributed by atoms with Gasteiger partial charge < -0.3 is 10.1 Å². The molecule has 9 nitrogen and oxygen atoms in total. The molecule has 1 aliphatic rings. The van der Waals surface area contributed by atoms with Crippen molar-refractivity contribution in [3.05, 3.63) is 48.5 Å². The van der Waals surface area contributed by atoms with Crippen molar-refractivity contribution >= 4 is 31.6 Å². The third-order valence-corrected chi connectivity index (χ3v) is 7.71. The summed E-state index contributed by atoms with van der Waals surface area (Å²) in [4.78, 5) is 12.7. The summed E-state index contributed by atoms with van der Waals surface area (Å²) < 4.78 is 54.9. The third-order valence-electron chi connectivity index (χ3n) is 4.90. The molecule has 0 radical (unpaired) electrons. The number of amides is 1. The minimum absolute atomic E-state index is 0.0603. The smallest absolute Gasteiger partial charge is 0.243 e. The summed E-state index contributed by atoms with van der Waals surface area (Å²) in [6.45, 7) is 0.399. The number of nitrogens with zero attached hydrogens (tertiary/aromatic N) is 1. The van der Waals surface area contributed by atoms with E-state index in [-0.39, 0.29) is 22.2 Å². The molecule has 1 atom stereocenters. The van der Waals surface area contributed by atoms with E-state index in [9.17, 15) is 21.6 Å². The molecular formula is C19H23N3O6S2. The molecule has 0 spiro atoms. The van der Waals surface area contributed by atoms with Crippen molar-refractivity contribution < 1.29 is 26.4 Å². The Labute approximate surface area is 175 Å². The molecule has 0 aliphatic carbocycles. The van der Waals surface area contributed by atoms with Crippen LogP contribution in [0.1, 0.15) is 12.8 Å². The van der Waals surface area contributed by atoms with Crippen LogP contribution in [0.2, 0.25) is 0 Å². The molecule has 2 aromatic rings. The van der Waals surface area contributed by atoms with Gasteiger partial charge in [0.15, 0.2) is 0 Å². The van der Waals surface area contributed by atoms with Crippen molar-refractivity contribution in [3.63, 3.8) is 0 Å². The highest BCUT2D eigenvalue weighted by Gasteiger charge is 2.33. The topological polar surface area (TPSA) is 136 Å². The van der Waals surface area contributed by atoms with E-state index >= 15 is 0 Å². The lowest BCUT2D eigenvalue weighted by Gasteiger charge is -2.31. The molecule has 3 N–H and O–H groups in total. The zero-order valence-corrected chi connectivity index (χ0v) is 17.9. The summed E-state index contributed by atoms with van der Waals surface area (Å²) in [6, 6.07) is 11.6. The molecule has 0 bridgehead atoms. The Morgan fingerprint density at radius 1 is 1.03 bits per heavy atom. The number of carbonyl (C=O) groups excluding carboxylic acids is 1. The summed E-state index contributed by atoms with van der Waals surface area (Å²) in [5.74, 6) is -0.295. The fourth-order valence-corrected chi connectivity index (χ4v) is 5.28. The number of nitrogens with two attached hydrogens (primary N) is 1. The number of benzene rings is 2. The number of hydrogen-bond acceptors (Lipinski definition) is 6. The molecule has 1 heterocycles. The number of primary sulfonamides is 1. The van der Waals surface area contributed by atoms with E-state index < -0.39 is 26.0 Å². The monoisotopic (exact) mass is 453 g/mol. The molecule has 1 amide bonds. The summed E-state index contributed by atoms with van der Waals surface area (Å²) in [5, 5.41) is 7.77. The maximum absolute atomic E-state index is 12.9. The first kappa shape index (κ1) is 22.2. The van der Waals surface area contributed by atoms with E-state index in [0.717, 1.165) is 0 Å². The second-order valence-corrected chi connectivity index (χ2v) is 10.4. The maximum atomic E-state index is 12.9. The van der Waals surface area contributed by atoms with E-state index in [1.165, 1.54) is 47.8 Å². The van der Waals surface area contributed by atoms with Gasteiger partial charge in [0.2, 0.25) is 26.0 Å². The Kier molecular flexibility index (Phi) is 6.46. The number of sulfonamides is 2. The molecule has 1 aliphatic heterocycles. The molecule has 30 heavy (non-hydrogen) atoms. The highest BCUT2D eigenvalue weighted by atomic mass is 32.2. The van der Waals surface area contributed by atoms with Gasteiger partial charge in [0.05, 0.1) is 22.8 Å². The van der Waals surface area contributed by atoms with Crippen LogP contribution in [0.25, 0.3) is 0 Å². The van der Waals surface area contributed by atoms with Gasteiger partial charge in [0, 0.05) is 18.8 Å². The third kappa shape index (κ3) is 4.98. The average Bonchev–Trinajstić information content (AvgIpc) is 2.73. The van der Waals surface area contributed by atoms with E-state index in [2.05, 4.69) is 5.32 Å². The summed E-state index contributed by atoms with van der Waals surface area (Å²) in [5.41, 5.74) is 0.405. The number of hydrogen-bond donors (Lipinski definition) is 2. The number of nitrogens with one attached hydrogen (secondary N) is 1. The maximum Gasteiger partial charge on any atom is 0.243 e. The van der Waals surface area contributed by atoms with Crippen molar-refractivity contribution in [2.75, 3.05) is 25.5 Å². The lowest BCUT2D eigenvalue weighted by atomic mass is 9.99. The highest BCUT2D eigenvalue weighted by molar-refractivity contribution is 7.89. The second kappa shape index (κ2) is 8.72. The Bertz CT molecular complexity index is 1110. The summed E-state index contributed by atoms with van der Waals surface area (Å²) in [6.07, 6.45) is 1.10. The molecule has 11 heteroatoms. The first-order valence-corrected chi connectivity index (χ1v) is 12.2. The van der Waals surface area contributed by atoms with Gasteiger partial charge in [0.1, 0.15) is 5.75 Å². The zero-order chi connectivity index (χ0) is 21.9. The molecule has 2 aromatic carbocycles. The second-order valence-electron chi connectivity index (χ2n) is 6.94. The number of piperidine rings is 1. The van der Waals surface area contributed by atoms with E-state index in [4.69, 9.17) is 9.88 Å². The highest BCUT2D eigenvalue weighted by Crippen LogP contribution is 2.26. The van der Waals surface area contributed by atoms with Crippen LogP contribution in [0.4, 0.5) is 5.69 Å². The zero-order valence-electron chi connectivity index (χ0n) is 16.3. The summed E-state index contributed by atoms with van der Waals surface area (Å²) >= 11 is 0. The predicted molar refractivity (Wildman–Crippen MR) is 111 cm³/mol. The van der Waals surface area contributed by atoms with Gasteiger partial charge in [-0.25, -0.2) is 22.0 Å². The number of anilines is 1. The fraction of sp³-hybridized carbons (Fsp3) is 0.316. The van der Waals surface area contributed by atoms with Crippen LogP contribution in [0.5, 0.6) is 5.75 Å². The molecule has 0 unspecified atom stereocenters. The molecule has 0 saturated carbocycles. The Hall–Kier alpha value is -2.47. The number of methoxy groups -OCH3 is 1. The van der Waals surface area contributed by atoms with Crippen molar-refractivity contribution in [2.24, 2.45) is 11.1 Å². The SMILES string of the molecule is COc1ccc(S(=O)(=O)N2CCC[C@@H](C(=O)Nc3ccc(S(N)(=O)=O)cc3)C2)cc1. The van der Waals surface area contributed by atoms with Crippen LogP contribution >= 0.6 is 0 Å². The van der Waals surface area contributed by atoms with Gasteiger partial charge in [-0.2, -0.15) is 4.31 Å². The van der Waals surface area contributed by atoms with Crippen LogP contribution in [0.15, 0.2) is 58.3 Å². The first-order valence-electron chi connectivity index (χ1n) is 9.19. The van der Waals surface area contributed by atoms with Crippen molar-refractivity contribution in [3.8, 4) is 5.75 Å². The molecule has 0 aromatic heterocycles. The molecule has 1 fully saturated rings. The van der Waals surface area contributed by atoms with Gasteiger partial charge in [-0.15, -0.1) is 0 Å². The van der Waals surface area contributed by atoms with Crippen molar-refractivity contribution in [1.82, 2.24) is 4.31 Å². The molecular weight excluding hydrogens is 430 g/mol. The molecule has 3 rings (SSSR count). The van der Waals surface area contributed by atoms with Crippen molar-refractivity contribution in [2.45, 2.75) is 22.6 Å². The molecule has 162 valence electrons. The molecule has 1 saturated heterocycles. The van der Waals surface area contributed by atoms with Gasteiger partial charge in [-0.05, 0) is 61.4 Å². The van der Waals surface area contributed by atoms with Crippen molar-refractivity contribution in [1.29, 1.82) is 0 Å². The van der Waals surface area contributed by atoms with Crippen LogP contribution in [0, 0.1) is 5.92 Å². The number of rotatable bonds is 6. The Morgan fingerprint density at radius 3 is 2.20 bits per heavy atom. The van der Waals surface area contributed by atoms with Gasteiger partial charge in [-0.1, -0.05) is 0 Å². The fourth-order valence-electron chi connectivity index (χ4n) is 3.24.